The van der Waals surface area contributed by atoms with E-state index in [-0.39, 0.29) is 29.4 Å². The fourth-order valence-corrected chi connectivity index (χ4v) is 2.54. The lowest BCUT2D eigenvalue weighted by Gasteiger charge is -2.26. The van der Waals surface area contributed by atoms with Gasteiger partial charge in [-0.15, -0.1) is 24.0 Å². The molecule has 0 bridgehead atoms. The highest BCUT2D eigenvalue weighted by Crippen LogP contribution is 2.21. The van der Waals surface area contributed by atoms with Gasteiger partial charge in [-0.05, 0) is 11.6 Å². The number of benzene rings is 2. The van der Waals surface area contributed by atoms with Crippen LogP contribution >= 0.6 is 24.0 Å². The van der Waals surface area contributed by atoms with Crippen LogP contribution in [0.4, 0.5) is 0 Å². The smallest absolute Gasteiger partial charge is 0.191 e. The summed E-state index contributed by atoms with van der Waals surface area (Å²) in [4.78, 5) is 4.31. The van der Waals surface area contributed by atoms with Gasteiger partial charge in [0.05, 0.1) is 7.11 Å². The summed E-state index contributed by atoms with van der Waals surface area (Å²) >= 11 is 0. The molecule has 0 aliphatic carbocycles. The molecule has 5 heteroatoms. The Hall–Kier alpha value is -1.76. The number of nitrogens with one attached hydrogen (secondary N) is 2. The van der Waals surface area contributed by atoms with Gasteiger partial charge in [-0.1, -0.05) is 62.4 Å². The predicted molar refractivity (Wildman–Crippen MR) is 116 cm³/mol. The van der Waals surface area contributed by atoms with Gasteiger partial charge in [-0.25, -0.2) is 0 Å². The van der Waals surface area contributed by atoms with E-state index >= 15 is 0 Å². The highest BCUT2D eigenvalue weighted by atomic mass is 127. The van der Waals surface area contributed by atoms with Gasteiger partial charge in [0.15, 0.2) is 5.96 Å². The topological polar surface area (TPSA) is 45.7 Å². The highest BCUT2D eigenvalue weighted by Gasteiger charge is 2.20. The fraction of sp³-hybridized carbons (Fsp3) is 0.350. The summed E-state index contributed by atoms with van der Waals surface area (Å²) in [5, 5.41) is 6.76. The molecular formula is C20H28IN3O. The van der Waals surface area contributed by atoms with Gasteiger partial charge in [0, 0.05) is 31.1 Å². The number of methoxy groups -OCH3 is 1. The van der Waals surface area contributed by atoms with E-state index in [4.69, 9.17) is 4.74 Å². The molecule has 0 aliphatic rings. The first-order valence-corrected chi connectivity index (χ1v) is 8.19. The SMILES string of the molecule is CN=C(NCc1ccccc1OC)NCC(C)(C)c1ccccc1.I. The maximum atomic E-state index is 5.38. The lowest BCUT2D eigenvalue weighted by Crippen LogP contribution is -2.43. The van der Waals surface area contributed by atoms with Crippen molar-refractivity contribution in [2.24, 2.45) is 4.99 Å². The summed E-state index contributed by atoms with van der Waals surface area (Å²) in [6.07, 6.45) is 0. The molecule has 4 nitrogen and oxygen atoms in total. The van der Waals surface area contributed by atoms with E-state index in [2.05, 4.69) is 53.7 Å². The Morgan fingerprint density at radius 2 is 1.64 bits per heavy atom. The molecule has 2 aromatic carbocycles. The van der Waals surface area contributed by atoms with Crippen molar-refractivity contribution in [2.75, 3.05) is 20.7 Å². The summed E-state index contributed by atoms with van der Waals surface area (Å²) in [5.41, 5.74) is 2.42. The molecule has 25 heavy (non-hydrogen) atoms. The lowest BCUT2D eigenvalue weighted by atomic mass is 9.85. The van der Waals surface area contributed by atoms with Gasteiger partial charge in [-0.3, -0.25) is 4.99 Å². The molecule has 0 fully saturated rings. The van der Waals surface area contributed by atoms with Crippen LogP contribution in [-0.2, 0) is 12.0 Å². The summed E-state index contributed by atoms with van der Waals surface area (Å²) in [6, 6.07) is 18.5. The molecule has 0 aromatic heterocycles. The van der Waals surface area contributed by atoms with Crippen molar-refractivity contribution in [2.45, 2.75) is 25.8 Å². The second kappa shape index (κ2) is 10.3. The molecule has 2 N–H and O–H groups in total. The molecule has 0 aliphatic heterocycles. The van der Waals surface area contributed by atoms with Crippen LogP contribution in [0, 0.1) is 0 Å². The summed E-state index contributed by atoms with van der Waals surface area (Å²) in [6.45, 7) is 5.91. The van der Waals surface area contributed by atoms with Crippen molar-refractivity contribution in [1.82, 2.24) is 10.6 Å². The van der Waals surface area contributed by atoms with E-state index in [0.717, 1.165) is 23.8 Å². The van der Waals surface area contributed by atoms with Crippen LogP contribution in [0.1, 0.15) is 25.0 Å². The first kappa shape index (κ1) is 21.3. The second-order valence-corrected chi connectivity index (χ2v) is 6.34. The van der Waals surface area contributed by atoms with Crippen LogP contribution in [0.15, 0.2) is 59.6 Å². The Kier molecular flexibility index (Phi) is 8.75. The maximum Gasteiger partial charge on any atom is 0.191 e. The van der Waals surface area contributed by atoms with Crippen LogP contribution in [-0.4, -0.2) is 26.7 Å². The summed E-state index contributed by atoms with van der Waals surface area (Å²) < 4.78 is 5.38. The number of para-hydroxylation sites is 1. The molecule has 0 amide bonds. The highest BCUT2D eigenvalue weighted by molar-refractivity contribution is 14.0. The number of hydrogen-bond acceptors (Lipinski definition) is 2. The first-order valence-electron chi connectivity index (χ1n) is 8.19. The van der Waals surface area contributed by atoms with E-state index in [9.17, 15) is 0 Å². The molecule has 0 unspecified atom stereocenters. The molecule has 0 heterocycles. The zero-order valence-corrected chi connectivity index (χ0v) is 17.7. The number of hydrogen-bond donors (Lipinski definition) is 2. The van der Waals surface area contributed by atoms with Gasteiger partial charge in [0.25, 0.3) is 0 Å². The zero-order valence-electron chi connectivity index (χ0n) is 15.4. The van der Waals surface area contributed by atoms with Crippen LogP contribution in [0.5, 0.6) is 5.75 Å². The number of nitrogens with zero attached hydrogens (tertiary/aromatic N) is 1. The minimum absolute atomic E-state index is 0. The largest absolute Gasteiger partial charge is 0.496 e. The van der Waals surface area contributed by atoms with Gasteiger partial charge in [-0.2, -0.15) is 0 Å². The van der Waals surface area contributed by atoms with Crippen LogP contribution in [0.25, 0.3) is 0 Å². The van der Waals surface area contributed by atoms with Crippen molar-refractivity contribution in [3.05, 3.63) is 65.7 Å². The third kappa shape index (κ3) is 6.23. The van der Waals surface area contributed by atoms with Crippen LogP contribution in [0.2, 0.25) is 0 Å². The zero-order chi connectivity index (χ0) is 17.4. The maximum absolute atomic E-state index is 5.38. The average molecular weight is 453 g/mol. The first-order chi connectivity index (χ1) is 11.6. The normalized spacial score (nSPS) is 11.4. The molecule has 0 spiro atoms. The van der Waals surface area contributed by atoms with Crippen molar-refractivity contribution < 1.29 is 4.74 Å². The monoisotopic (exact) mass is 453 g/mol. The number of halogens is 1. The second-order valence-electron chi connectivity index (χ2n) is 6.34. The standard InChI is InChI=1S/C20H27N3O.HI/c1-20(2,17-11-6-5-7-12-17)15-23-19(21-3)22-14-16-10-8-9-13-18(16)24-4;/h5-13H,14-15H2,1-4H3,(H2,21,22,23);1H. The van der Waals surface area contributed by atoms with Gasteiger partial charge in [0.1, 0.15) is 5.75 Å². The Morgan fingerprint density at radius 3 is 2.28 bits per heavy atom. The van der Waals surface area contributed by atoms with Crippen molar-refractivity contribution in [3.63, 3.8) is 0 Å². The number of rotatable bonds is 6. The fourth-order valence-electron chi connectivity index (χ4n) is 2.54. The molecule has 2 rings (SSSR count). The van der Waals surface area contributed by atoms with E-state index in [1.807, 2.05) is 30.3 Å². The molecule has 136 valence electrons. The Labute approximate surface area is 168 Å². The Morgan fingerprint density at radius 1 is 1.00 bits per heavy atom. The number of ether oxygens (including phenoxy) is 1. The average Bonchev–Trinajstić information content (AvgIpc) is 2.63. The Bertz CT molecular complexity index is 672. The molecular weight excluding hydrogens is 425 g/mol. The molecule has 0 saturated carbocycles. The van der Waals surface area contributed by atoms with Crippen LogP contribution in [0.3, 0.4) is 0 Å². The van der Waals surface area contributed by atoms with E-state index in [0.29, 0.717) is 6.54 Å². The van der Waals surface area contributed by atoms with E-state index in [1.54, 1.807) is 14.2 Å². The molecule has 0 radical (unpaired) electrons. The van der Waals surface area contributed by atoms with Crippen molar-refractivity contribution >= 4 is 29.9 Å². The quantitative estimate of drug-likeness (QED) is 0.396. The van der Waals surface area contributed by atoms with E-state index in [1.165, 1.54) is 5.56 Å². The number of guanidine groups is 1. The Balaban J connectivity index is 0.00000312. The van der Waals surface area contributed by atoms with Gasteiger partial charge in [0.2, 0.25) is 0 Å². The predicted octanol–water partition coefficient (Wildman–Crippen LogP) is 3.96. The van der Waals surface area contributed by atoms with Crippen molar-refractivity contribution in [1.29, 1.82) is 0 Å². The molecule has 0 saturated heterocycles. The summed E-state index contributed by atoms with van der Waals surface area (Å²) in [5.74, 6) is 1.66. The minimum atomic E-state index is 0. The minimum Gasteiger partial charge on any atom is -0.496 e. The molecule has 2 aromatic rings. The van der Waals surface area contributed by atoms with Crippen molar-refractivity contribution in [3.8, 4) is 5.75 Å². The summed E-state index contributed by atoms with van der Waals surface area (Å²) in [7, 11) is 3.47. The van der Waals surface area contributed by atoms with Gasteiger partial charge < -0.3 is 15.4 Å². The van der Waals surface area contributed by atoms with Crippen LogP contribution < -0.4 is 15.4 Å². The third-order valence-corrected chi connectivity index (χ3v) is 4.12. The lowest BCUT2D eigenvalue weighted by molar-refractivity contribution is 0.409. The molecule has 0 atom stereocenters. The number of aliphatic imine (C=N–C) groups is 1. The third-order valence-electron chi connectivity index (χ3n) is 4.12. The van der Waals surface area contributed by atoms with Gasteiger partial charge >= 0.3 is 0 Å². The van der Waals surface area contributed by atoms with E-state index < -0.39 is 0 Å².